The maximum absolute atomic E-state index is 11.0. The highest BCUT2D eigenvalue weighted by Gasteiger charge is 2.24. The quantitative estimate of drug-likeness (QED) is 0.869. The van der Waals surface area contributed by atoms with E-state index in [4.69, 9.17) is 11.6 Å². The van der Waals surface area contributed by atoms with E-state index in [1.165, 1.54) is 6.33 Å². The average Bonchev–Trinajstić information content (AvgIpc) is 2.45. The van der Waals surface area contributed by atoms with Gasteiger partial charge in [-0.1, -0.05) is 25.4 Å². The third-order valence-corrected chi connectivity index (χ3v) is 4.25. The van der Waals surface area contributed by atoms with E-state index >= 15 is 0 Å². The number of amides is 1. The highest BCUT2D eigenvalue weighted by Crippen LogP contribution is 2.32. The maximum atomic E-state index is 11.0. The third kappa shape index (κ3) is 4.06. The number of nitrogens with zero attached hydrogens (tertiary/aromatic N) is 3. The zero-order valence-electron chi connectivity index (χ0n) is 12.9. The Morgan fingerprint density at radius 2 is 2.10 bits per heavy atom. The van der Waals surface area contributed by atoms with E-state index in [0.717, 1.165) is 43.9 Å². The average molecular weight is 311 g/mol. The second-order valence-corrected chi connectivity index (χ2v) is 6.28. The van der Waals surface area contributed by atoms with Crippen molar-refractivity contribution in [2.24, 2.45) is 5.92 Å². The molecule has 0 aromatic carbocycles. The zero-order valence-corrected chi connectivity index (χ0v) is 13.7. The Labute approximate surface area is 131 Å². The van der Waals surface area contributed by atoms with Crippen molar-refractivity contribution in [3.8, 4) is 0 Å². The Morgan fingerprint density at radius 1 is 1.43 bits per heavy atom. The Bertz CT molecular complexity index is 498. The van der Waals surface area contributed by atoms with Crippen LogP contribution in [0.5, 0.6) is 0 Å². The molecule has 1 aliphatic heterocycles. The Hall–Kier alpha value is -1.36. The minimum Gasteiger partial charge on any atom is -0.356 e. The van der Waals surface area contributed by atoms with E-state index in [9.17, 15) is 4.79 Å². The molecule has 116 valence electrons. The van der Waals surface area contributed by atoms with E-state index in [2.05, 4.69) is 34.0 Å². The van der Waals surface area contributed by atoms with Crippen LogP contribution in [-0.2, 0) is 4.79 Å². The van der Waals surface area contributed by atoms with Gasteiger partial charge in [0.2, 0.25) is 5.91 Å². The molecule has 1 aliphatic rings. The van der Waals surface area contributed by atoms with Gasteiger partial charge in [0.15, 0.2) is 0 Å². The van der Waals surface area contributed by atoms with Gasteiger partial charge in [0.25, 0.3) is 0 Å². The lowest BCUT2D eigenvalue weighted by atomic mass is 9.96. The first-order chi connectivity index (χ1) is 9.99. The highest BCUT2D eigenvalue weighted by atomic mass is 35.5. The number of piperidine rings is 1. The summed E-state index contributed by atoms with van der Waals surface area (Å²) in [5, 5.41) is 3.46. The van der Waals surface area contributed by atoms with Crippen LogP contribution < -0.4 is 10.2 Å². The van der Waals surface area contributed by atoms with E-state index in [1.54, 1.807) is 6.92 Å². The molecule has 0 spiro atoms. The number of carbonyl (C=O) groups is 1. The molecule has 0 radical (unpaired) electrons. The fraction of sp³-hybridized carbons (Fsp3) is 0.667. The van der Waals surface area contributed by atoms with Crippen LogP contribution in [0.25, 0.3) is 0 Å². The van der Waals surface area contributed by atoms with E-state index in [0.29, 0.717) is 17.0 Å². The van der Waals surface area contributed by atoms with Gasteiger partial charge in [-0.3, -0.25) is 4.79 Å². The molecule has 0 saturated carbocycles. The smallest absolute Gasteiger partial charge is 0.216 e. The molecule has 2 heterocycles. The van der Waals surface area contributed by atoms with Crippen LogP contribution >= 0.6 is 11.6 Å². The monoisotopic (exact) mass is 310 g/mol. The van der Waals surface area contributed by atoms with Gasteiger partial charge in [-0.15, -0.1) is 0 Å². The van der Waals surface area contributed by atoms with Crippen LogP contribution in [0.1, 0.15) is 45.1 Å². The molecule has 1 N–H and O–H groups in total. The summed E-state index contributed by atoms with van der Waals surface area (Å²) in [6.07, 6.45) is 3.64. The van der Waals surface area contributed by atoms with Gasteiger partial charge >= 0.3 is 0 Å². The van der Waals surface area contributed by atoms with Crippen molar-refractivity contribution in [2.75, 3.05) is 24.5 Å². The lowest BCUT2D eigenvalue weighted by Gasteiger charge is -2.34. The van der Waals surface area contributed by atoms with Crippen LogP contribution in [0.2, 0.25) is 5.15 Å². The van der Waals surface area contributed by atoms with E-state index in [-0.39, 0.29) is 5.91 Å². The van der Waals surface area contributed by atoms with Crippen LogP contribution in [0.3, 0.4) is 0 Å². The fourth-order valence-corrected chi connectivity index (χ4v) is 3.10. The number of nitrogens with one attached hydrogen (secondary N) is 1. The van der Waals surface area contributed by atoms with Crippen molar-refractivity contribution >= 4 is 23.3 Å². The predicted molar refractivity (Wildman–Crippen MR) is 84.8 cm³/mol. The molecule has 6 heteroatoms. The van der Waals surface area contributed by atoms with Gasteiger partial charge in [0.1, 0.15) is 17.3 Å². The summed E-state index contributed by atoms with van der Waals surface area (Å²) < 4.78 is 0. The SMILES string of the molecule is CC(=O)NCC1CCN(c2ncnc(Cl)c2C(C)C)CC1. The Balaban J connectivity index is 2.02. The minimum absolute atomic E-state index is 0.0436. The van der Waals surface area contributed by atoms with Gasteiger partial charge in [-0.25, -0.2) is 9.97 Å². The number of hydrogen-bond acceptors (Lipinski definition) is 4. The van der Waals surface area contributed by atoms with Gasteiger partial charge in [-0.2, -0.15) is 0 Å². The van der Waals surface area contributed by atoms with Crippen LogP contribution in [0.15, 0.2) is 6.33 Å². The number of halogens is 1. The molecule has 1 fully saturated rings. The zero-order chi connectivity index (χ0) is 15.4. The van der Waals surface area contributed by atoms with Crippen molar-refractivity contribution in [3.05, 3.63) is 17.0 Å². The van der Waals surface area contributed by atoms with Crippen LogP contribution in [-0.4, -0.2) is 35.5 Å². The van der Waals surface area contributed by atoms with Crippen LogP contribution in [0.4, 0.5) is 5.82 Å². The highest BCUT2D eigenvalue weighted by molar-refractivity contribution is 6.30. The summed E-state index contributed by atoms with van der Waals surface area (Å²) in [5.41, 5.74) is 1.03. The molecule has 0 bridgehead atoms. The summed E-state index contributed by atoms with van der Waals surface area (Å²) in [6, 6.07) is 0. The van der Waals surface area contributed by atoms with Gasteiger partial charge in [-0.05, 0) is 24.7 Å². The molecule has 21 heavy (non-hydrogen) atoms. The second kappa shape index (κ2) is 7.07. The Kier molecular flexibility index (Phi) is 5.39. The molecular weight excluding hydrogens is 288 g/mol. The molecule has 2 rings (SSSR count). The van der Waals surface area contributed by atoms with Gasteiger partial charge < -0.3 is 10.2 Å². The fourth-order valence-electron chi connectivity index (χ4n) is 2.75. The third-order valence-electron chi connectivity index (χ3n) is 3.95. The van der Waals surface area contributed by atoms with E-state index < -0.39 is 0 Å². The Morgan fingerprint density at radius 3 is 2.67 bits per heavy atom. The molecule has 1 aromatic rings. The standard InChI is InChI=1S/C15H23ClN4O/c1-10(2)13-14(16)18-9-19-15(13)20-6-4-12(5-7-20)8-17-11(3)21/h9-10,12H,4-8H2,1-3H3,(H,17,21). The normalized spacial score (nSPS) is 16.3. The number of carbonyl (C=O) groups excluding carboxylic acids is 1. The topological polar surface area (TPSA) is 58.1 Å². The lowest BCUT2D eigenvalue weighted by molar-refractivity contribution is -0.119. The van der Waals surface area contributed by atoms with Crippen molar-refractivity contribution in [3.63, 3.8) is 0 Å². The summed E-state index contributed by atoms with van der Waals surface area (Å²) in [6.45, 7) is 8.43. The molecule has 0 atom stereocenters. The number of hydrogen-bond donors (Lipinski definition) is 1. The molecule has 0 aliphatic carbocycles. The first kappa shape index (κ1) is 16.0. The lowest BCUT2D eigenvalue weighted by Crippen LogP contribution is -2.39. The minimum atomic E-state index is 0.0436. The number of aromatic nitrogens is 2. The molecule has 1 amide bonds. The summed E-state index contributed by atoms with van der Waals surface area (Å²) in [7, 11) is 0. The second-order valence-electron chi connectivity index (χ2n) is 5.92. The summed E-state index contributed by atoms with van der Waals surface area (Å²) >= 11 is 6.23. The van der Waals surface area contributed by atoms with E-state index in [1.807, 2.05) is 0 Å². The summed E-state index contributed by atoms with van der Waals surface area (Å²) in [5.74, 6) is 1.85. The molecular formula is C15H23ClN4O. The number of rotatable bonds is 4. The molecule has 1 saturated heterocycles. The van der Waals surface area contributed by atoms with Crippen molar-refractivity contribution < 1.29 is 4.79 Å². The first-order valence-corrected chi connectivity index (χ1v) is 7.86. The van der Waals surface area contributed by atoms with Crippen LogP contribution in [0, 0.1) is 5.92 Å². The molecule has 1 aromatic heterocycles. The van der Waals surface area contributed by atoms with Gasteiger partial charge in [0, 0.05) is 32.1 Å². The largest absolute Gasteiger partial charge is 0.356 e. The number of anilines is 1. The predicted octanol–water partition coefficient (Wildman–Crippen LogP) is 2.61. The summed E-state index contributed by atoms with van der Waals surface area (Å²) in [4.78, 5) is 21.8. The van der Waals surface area contributed by atoms with Gasteiger partial charge in [0.05, 0.1) is 0 Å². The van der Waals surface area contributed by atoms with Crippen molar-refractivity contribution in [1.82, 2.24) is 15.3 Å². The molecule has 0 unspecified atom stereocenters. The van der Waals surface area contributed by atoms with Crippen molar-refractivity contribution in [1.29, 1.82) is 0 Å². The van der Waals surface area contributed by atoms with Crippen molar-refractivity contribution in [2.45, 2.75) is 39.5 Å². The first-order valence-electron chi connectivity index (χ1n) is 7.48. The maximum Gasteiger partial charge on any atom is 0.216 e. The molecule has 5 nitrogen and oxygen atoms in total.